The Bertz CT molecular complexity index is 286. The number of hydrogen-bond donors (Lipinski definition) is 3. The smallest absolute Gasteiger partial charge is 0.367 e. The van der Waals surface area contributed by atoms with Gasteiger partial charge in [0, 0.05) is 0 Å². The second-order valence-electron chi connectivity index (χ2n) is 3.08. The highest BCUT2D eigenvalue weighted by Gasteiger charge is 2.62. The fourth-order valence-electron chi connectivity index (χ4n) is 1.23. The number of aliphatic hydroxyl groups is 1. The Morgan fingerprint density at radius 3 is 2.43 bits per heavy atom. The topological polar surface area (TPSA) is 64.7 Å². The second kappa shape index (κ2) is 3.34. The normalized spacial score (nSPS) is 26.1. The Hall–Kier alpha value is -0.920. The van der Waals surface area contributed by atoms with Crippen LogP contribution in [0.25, 0.3) is 0 Å². The molecule has 0 aromatic rings. The summed E-state index contributed by atoms with van der Waals surface area (Å²) < 4.78 is 37.6. The number of amidine groups is 1. The zero-order valence-electron chi connectivity index (χ0n) is 7.60. The minimum Gasteiger partial charge on any atom is -0.367 e. The van der Waals surface area contributed by atoms with Crippen LogP contribution in [0.2, 0.25) is 0 Å². The van der Waals surface area contributed by atoms with Gasteiger partial charge in [-0.2, -0.15) is 18.2 Å². The van der Waals surface area contributed by atoms with Crippen LogP contribution in [0.3, 0.4) is 0 Å². The Morgan fingerprint density at radius 1 is 1.57 bits per heavy atom. The highest BCUT2D eigenvalue weighted by Crippen LogP contribution is 2.29. The number of nitrogens with one attached hydrogen (secondary N) is 1. The molecule has 80 valence electrons. The fraction of sp³-hybridized carbons (Fsp3) is 0.571. The molecule has 1 aliphatic heterocycles. The first-order valence-corrected chi connectivity index (χ1v) is 4.00. The Balaban J connectivity index is 3.03. The van der Waals surface area contributed by atoms with Crippen LogP contribution < -0.4 is 10.6 Å². The van der Waals surface area contributed by atoms with Crippen LogP contribution in [0.1, 0.15) is 0 Å². The molecule has 0 fully saturated rings. The number of aliphatic imine (C=N–C) groups is 1. The van der Waals surface area contributed by atoms with Crippen molar-refractivity contribution in [2.45, 2.75) is 11.8 Å². The van der Waals surface area contributed by atoms with Crippen molar-refractivity contribution in [3.05, 3.63) is 12.4 Å². The standard InChI is InChI=1S/C7H10F3N3O/c1-13-3-2-12-5(13)6(14,4-11)7(8,9)10/h2-3,14H,4,11H2,1H3/p+2. The van der Waals surface area contributed by atoms with Gasteiger partial charge in [0.25, 0.3) is 5.84 Å². The lowest BCUT2D eigenvalue weighted by Gasteiger charge is -2.26. The van der Waals surface area contributed by atoms with E-state index in [9.17, 15) is 18.3 Å². The molecule has 2 atom stereocenters. The molecule has 0 bridgehead atoms. The van der Waals surface area contributed by atoms with Gasteiger partial charge in [-0.05, 0) is 0 Å². The molecule has 5 N–H and O–H groups in total. The maximum atomic E-state index is 12.5. The van der Waals surface area contributed by atoms with E-state index < -0.39 is 18.3 Å². The molecule has 1 aliphatic rings. The number of rotatable bonds is 2. The molecule has 0 spiro atoms. The molecule has 0 saturated carbocycles. The van der Waals surface area contributed by atoms with Crippen molar-refractivity contribution in [1.82, 2.24) is 0 Å². The lowest BCUT2D eigenvalue weighted by atomic mass is 10.0. The van der Waals surface area contributed by atoms with Crippen molar-refractivity contribution in [2.24, 2.45) is 4.99 Å². The molecule has 14 heavy (non-hydrogen) atoms. The molecule has 2 unspecified atom stereocenters. The molecular weight excluding hydrogens is 199 g/mol. The van der Waals surface area contributed by atoms with Crippen molar-refractivity contribution in [3.63, 3.8) is 0 Å². The molecule has 0 aromatic heterocycles. The van der Waals surface area contributed by atoms with Gasteiger partial charge in [0.05, 0.1) is 13.2 Å². The molecule has 7 heteroatoms. The molecule has 0 aliphatic carbocycles. The van der Waals surface area contributed by atoms with Crippen LogP contribution in [0.4, 0.5) is 13.2 Å². The summed E-state index contributed by atoms with van der Waals surface area (Å²) in [5.41, 5.74) is 0.181. The SMILES string of the molecule is C[NH+]1C=CN=C1C(O)(C[NH3+])C(F)(F)F. The van der Waals surface area contributed by atoms with E-state index in [2.05, 4.69) is 10.7 Å². The van der Waals surface area contributed by atoms with E-state index in [1.54, 1.807) is 0 Å². The molecule has 1 heterocycles. The molecule has 0 amide bonds. The van der Waals surface area contributed by atoms with Crippen LogP contribution in [-0.4, -0.2) is 36.3 Å². The van der Waals surface area contributed by atoms with E-state index >= 15 is 0 Å². The predicted molar refractivity (Wildman–Crippen MR) is 42.2 cm³/mol. The molecule has 4 nitrogen and oxygen atoms in total. The van der Waals surface area contributed by atoms with Crippen molar-refractivity contribution in [2.75, 3.05) is 13.6 Å². The fourth-order valence-corrected chi connectivity index (χ4v) is 1.23. The molecular formula is C7H12F3N3O+2. The van der Waals surface area contributed by atoms with E-state index in [-0.39, 0.29) is 5.84 Å². The van der Waals surface area contributed by atoms with Crippen molar-refractivity contribution >= 4 is 5.84 Å². The predicted octanol–water partition coefficient (Wildman–Crippen LogP) is -2.08. The van der Waals surface area contributed by atoms with Crippen LogP contribution in [0.15, 0.2) is 17.4 Å². The van der Waals surface area contributed by atoms with Gasteiger partial charge in [-0.3, -0.25) is 4.90 Å². The van der Waals surface area contributed by atoms with Crippen molar-refractivity contribution in [1.29, 1.82) is 0 Å². The van der Waals surface area contributed by atoms with E-state index in [1.807, 2.05) is 0 Å². The molecule has 0 saturated heterocycles. The van der Waals surface area contributed by atoms with E-state index in [4.69, 9.17) is 0 Å². The summed E-state index contributed by atoms with van der Waals surface area (Å²) >= 11 is 0. The second-order valence-corrected chi connectivity index (χ2v) is 3.08. The largest absolute Gasteiger partial charge is 0.434 e. The average molecular weight is 211 g/mol. The number of hydrogen-bond acceptors (Lipinski definition) is 2. The highest BCUT2D eigenvalue weighted by atomic mass is 19.4. The summed E-state index contributed by atoms with van der Waals surface area (Å²) in [6.07, 6.45) is -2.10. The van der Waals surface area contributed by atoms with E-state index in [1.165, 1.54) is 19.4 Å². The third-order valence-electron chi connectivity index (χ3n) is 2.12. The summed E-state index contributed by atoms with van der Waals surface area (Å²) in [6.45, 7) is -0.686. The monoisotopic (exact) mass is 211 g/mol. The van der Waals surface area contributed by atoms with Crippen molar-refractivity contribution in [3.8, 4) is 0 Å². The maximum Gasteiger partial charge on any atom is 0.434 e. The molecule has 1 rings (SSSR count). The Kier molecular flexibility index (Phi) is 2.66. The maximum absolute atomic E-state index is 12.5. The number of quaternary nitrogens is 2. The van der Waals surface area contributed by atoms with Gasteiger partial charge in [-0.25, -0.2) is 0 Å². The zero-order valence-corrected chi connectivity index (χ0v) is 7.60. The quantitative estimate of drug-likeness (QED) is 0.482. The summed E-state index contributed by atoms with van der Waals surface area (Å²) in [4.78, 5) is 3.83. The average Bonchev–Trinajstić information content (AvgIpc) is 2.48. The molecule has 0 radical (unpaired) electrons. The molecule has 0 aromatic carbocycles. The highest BCUT2D eigenvalue weighted by molar-refractivity contribution is 5.85. The van der Waals surface area contributed by atoms with Crippen molar-refractivity contribution < 1.29 is 28.9 Å². The van der Waals surface area contributed by atoms with Gasteiger partial charge in [0.15, 0.2) is 0 Å². The Labute approximate surface area is 78.5 Å². The van der Waals surface area contributed by atoms with Gasteiger partial charge in [-0.15, -0.1) is 0 Å². The van der Waals surface area contributed by atoms with Gasteiger partial charge in [-0.1, -0.05) is 0 Å². The third kappa shape index (κ3) is 1.54. The summed E-state index contributed by atoms with van der Waals surface area (Å²) in [5.74, 6) is -0.361. The number of halogens is 3. The first-order chi connectivity index (χ1) is 6.33. The zero-order chi connectivity index (χ0) is 11.0. The minimum atomic E-state index is -4.75. The van der Waals surface area contributed by atoms with Crippen LogP contribution in [0.5, 0.6) is 0 Å². The summed E-state index contributed by atoms with van der Waals surface area (Å²) in [7, 11) is 1.47. The summed E-state index contributed by atoms with van der Waals surface area (Å²) in [5, 5.41) is 9.45. The summed E-state index contributed by atoms with van der Waals surface area (Å²) in [6, 6.07) is 0. The van der Waals surface area contributed by atoms with Gasteiger partial charge >= 0.3 is 11.8 Å². The first kappa shape index (κ1) is 11.2. The van der Waals surface area contributed by atoms with Crippen LogP contribution in [0, 0.1) is 0 Å². The van der Waals surface area contributed by atoms with Crippen LogP contribution in [-0.2, 0) is 0 Å². The van der Waals surface area contributed by atoms with E-state index in [0.717, 1.165) is 0 Å². The van der Waals surface area contributed by atoms with Gasteiger partial charge in [0.2, 0.25) is 0 Å². The minimum absolute atomic E-state index is 0.313. The lowest BCUT2D eigenvalue weighted by Crippen LogP contribution is -3.10. The van der Waals surface area contributed by atoms with E-state index in [0.29, 0.717) is 4.90 Å². The lowest BCUT2D eigenvalue weighted by molar-refractivity contribution is -0.726. The third-order valence-corrected chi connectivity index (χ3v) is 2.12. The number of alkyl halides is 3. The Morgan fingerprint density at radius 2 is 2.14 bits per heavy atom. The van der Waals surface area contributed by atoms with Gasteiger partial charge in [0.1, 0.15) is 12.7 Å². The number of likely N-dealkylation sites (N-methyl/N-ethyl adjacent to an activating group) is 1. The first-order valence-electron chi connectivity index (χ1n) is 4.00. The van der Waals surface area contributed by atoms with Gasteiger partial charge < -0.3 is 10.8 Å². The van der Waals surface area contributed by atoms with Crippen LogP contribution >= 0.6 is 0 Å². The number of nitrogens with zero attached hydrogens (tertiary/aromatic N) is 1.